The molecule has 0 atom stereocenters. The SMILES string of the molecule is CC(C)Nc1ncccc1C(=O)c1ccccc1. The average molecular weight is 240 g/mol. The number of rotatable bonds is 4. The maximum Gasteiger partial charge on any atom is 0.196 e. The Morgan fingerprint density at radius 1 is 1.11 bits per heavy atom. The number of benzene rings is 1. The van der Waals surface area contributed by atoms with Crippen LogP contribution in [-0.2, 0) is 0 Å². The predicted molar refractivity (Wildman–Crippen MR) is 72.9 cm³/mol. The highest BCUT2D eigenvalue weighted by Crippen LogP contribution is 2.17. The minimum Gasteiger partial charge on any atom is -0.367 e. The molecule has 0 aliphatic carbocycles. The molecule has 0 bridgehead atoms. The summed E-state index contributed by atoms with van der Waals surface area (Å²) in [6.07, 6.45) is 1.69. The molecular weight excluding hydrogens is 224 g/mol. The van der Waals surface area contributed by atoms with Crippen molar-refractivity contribution in [3.8, 4) is 0 Å². The minimum absolute atomic E-state index is 0.00755. The van der Waals surface area contributed by atoms with Crippen LogP contribution in [0.4, 0.5) is 5.82 Å². The zero-order valence-electron chi connectivity index (χ0n) is 10.6. The van der Waals surface area contributed by atoms with Gasteiger partial charge in [-0.3, -0.25) is 4.79 Å². The van der Waals surface area contributed by atoms with Gasteiger partial charge in [-0.15, -0.1) is 0 Å². The van der Waals surface area contributed by atoms with Crippen LogP contribution in [0, 0.1) is 0 Å². The van der Waals surface area contributed by atoms with Gasteiger partial charge >= 0.3 is 0 Å². The zero-order chi connectivity index (χ0) is 13.0. The summed E-state index contributed by atoms with van der Waals surface area (Å²) < 4.78 is 0. The first kappa shape index (κ1) is 12.3. The molecule has 0 amide bonds. The van der Waals surface area contributed by atoms with Crippen LogP contribution >= 0.6 is 0 Å². The third kappa shape index (κ3) is 2.74. The predicted octanol–water partition coefficient (Wildman–Crippen LogP) is 3.13. The number of carbonyl (C=O) groups is 1. The summed E-state index contributed by atoms with van der Waals surface area (Å²) >= 11 is 0. The third-order valence-electron chi connectivity index (χ3n) is 2.51. The Labute approximate surface area is 107 Å². The molecule has 18 heavy (non-hydrogen) atoms. The second-order valence-electron chi connectivity index (χ2n) is 4.39. The van der Waals surface area contributed by atoms with Gasteiger partial charge in [-0.1, -0.05) is 30.3 Å². The van der Waals surface area contributed by atoms with Gasteiger partial charge in [0.2, 0.25) is 0 Å². The molecule has 0 aliphatic heterocycles. The van der Waals surface area contributed by atoms with Gasteiger partial charge in [-0.25, -0.2) is 4.98 Å². The van der Waals surface area contributed by atoms with Crippen LogP contribution in [0.25, 0.3) is 0 Å². The lowest BCUT2D eigenvalue weighted by atomic mass is 10.0. The largest absolute Gasteiger partial charge is 0.367 e. The van der Waals surface area contributed by atoms with Crippen molar-refractivity contribution >= 4 is 11.6 Å². The van der Waals surface area contributed by atoms with Crippen LogP contribution in [0.2, 0.25) is 0 Å². The highest BCUT2D eigenvalue weighted by atomic mass is 16.1. The van der Waals surface area contributed by atoms with E-state index in [0.29, 0.717) is 16.9 Å². The summed E-state index contributed by atoms with van der Waals surface area (Å²) in [5.41, 5.74) is 1.29. The quantitative estimate of drug-likeness (QED) is 0.835. The van der Waals surface area contributed by atoms with Crippen molar-refractivity contribution in [3.05, 3.63) is 59.8 Å². The van der Waals surface area contributed by atoms with Crippen molar-refractivity contribution in [1.82, 2.24) is 4.98 Å². The molecule has 0 saturated heterocycles. The molecule has 0 unspecified atom stereocenters. The highest BCUT2D eigenvalue weighted by Gasteiger charge is 2.14. The van der Waals surface area contributed by atoms with Crippen LogP contribution in [0.1, 0.15) is 29.8 Å². The maximum atomic E-state index is 12.4. The molecule has 3 nitrogen and oxygen atoms in total. The number of anilines is 1. The first-order valence-electron chi connectivity index (χ1n) is 6.00. The summed E-state index contributed by atoms with van der Waals surface area (Å²) in [6, 6.07) is 13.1. The van der Waals surface area contributed by atoms with Crippen LogP contribution in [0.3, 0.4) is 0 Å². The van der Waals surface area contributed by atoms with Crippen LogP contribution < -0.4 is 5.32 Å². The molecule has 1 aromatic carbocycles. The van der Waals surface area contributed by atoms with Crippen molar-refractivity contribution in [2.24, 2.45) is 0 Å². The van der Waals surface area contributed by atoms with Crippen molar-refractivity contribution < 1.29 is 4.79 Å². The zero-order valence-corrected chi connectivity index (χ0v) is 10.6. The minimum atomic E-state index is -0.00755. The molecule has 1 aromatic heterocycles. The number of aromatic nitrogens is 1. The molecule has 0 spiro atoms. The number of pyridine rings is 1. The second-order valence-corrected chi connectivity index (χ2v) is 4.39. The number of ketones is 1. The third-order valence-corrected chi connectivity index (χ3v) is 2.51. The van der Waals surface area contributed by atoms with E-state index in [1.54, 1.807) is 18.3 Å². The molecule has 0 fully saturated rings. The second kappa shape index (κ2) is 5.45. The van der Waals surface area contributed by atoms with Gasteiger partial charge in [0.05, 0.1) is 5.56 Å². The van der Waals surface area contributed by atoms with Gasteiger partial charge in [0, 0.05) is 17.8 Å². The maximum absolute atomic E-state index is 12.4. The lowest BCUT2D eigenvalue weighted by molar-refractivity contribution is 0.103. The number of nitrogens with zero attached hydrogens (tertiary/aromatic N) is 1. The molecule has 2 rings (SSSR count). The van der Waals surface area contributed by atoms with E-state index in [1.165, 1.54) is 0 Å². The molecule has 0 saturated carbocycles. The van der Waals surface area contributed by atoms with Crippen LogP contribution in [0.5, 0.6) is 0 Å². The van der Waals surface area contributed by atoms with E-state index in [0.717, 1.165) is 0 Å². The summed E-state index contributed by atoms with van der Waals surface area (Å²) in [5.74, 6) is 0.633. The molecular formula is C15H16N2O. The van der Waals surface area contributed by atoms with E-state index in [9.17, 15) is 4.79 Å². The Kier molecular flexibility index (Phi) is 3.72. The van der Waals surface area contributed by atoms with Crippen molar-refractivity contribution in [1.29, 1.82) is 0 Å². The van der Waals surface area contributed by atoms with E-state index in [1.807, 2.05) is 44.2 Å². The lowest BCUT2D eigenvalue weighted by Crippen LogP contribution is -2.15. The van der Waals surface area contributed by atoms with Crippen LogP contribution in [0.15, 0.2) is 48.7 Å². The highest BCUT2D eigenvalue weighted by molar-refractivity contribution is 6.11. The molecule has 92 valence electrons. The van der Waals surface area contributed by atoms with Gasteiger partial charge in [0.25, 0.3) is 0 Å². The van der Waals surface area contributed by atoms with E-state index >= 15 is 0 Å². The molecule has 0 radical (unpaired) electrons. The average Bonchev–Trinajstić information content (AvgIpc) is 2.39. The first-order valence-corrected chi connectivity index (χ1v) is 6.00. The summed E-state index contributed by atoms with van der Waals surface area (Å²) in [4.78, 5) is 16.6. The van der Waals surface area contributed by atoms with Crippen molar-refractivity contribution in [3.63, 3.8) is 0 Å². The fourth-order valence-electron chi connectivity index (χ4n) is 1.72. The fourth-order valence-corrected chi connectivity index (χ4v) is 1.72. The Hall–Kier alpha value is -2.16. The van der Waals surface area contributed by atoms with Crippen LogP contribution in [-0.4, -0.2) is 16.8 Å². The Balaban J connectivity index is 2.36. The normalized spacial score (nSPS) is 10.4. The lowest BCUT2D eigenvalue weighted by Gasteiger charge is -2.12. The van der Waals surface area contributed by atoms with E-state index < -0.39 is 0 Å². The number of hydrogen-bond acceptors (Lipinski definition) is 3. The Morgan fingerprint density at radius 3 is 2.50 bits per heavy atom. The summed E-state index contributed by atoms with van der Waals surface area (Å²) in [5, 5.41) is 3.19. The molecule has 2 aromatic rings. The van der Waals surface area contributed by atoms with E-state index in [2.05, 4.69) is 10.3 Å². The van der Waals surface area contributed by atoms with Crippen molar-refractivity contribution in [2.75, 3.05) is 5.32 Å². The van der Waals surface area contributed by atoms with Gasteiger partial charge in [0.15, 0.2) is 5.78 Å². The molecule has 0 aliphatic rings. The van der Waals surface area contributed by atoms with E-state index in [-0.39, 0.29) is 11.8 Å². The smallest absolute Gasteiger partial charge is 0.196 e. The molecule has 1 N–H and O–H groups in total. The van der Waals surface area contributed by atoms with Gasteiger partial charge < -0.3 is 5.32 Å². The van der Waals surface area contributed by atoms with Crippen molar-refractivity contribution in [2.45, 2.75) is 19.9 Å². The van der Waals surface area contributed by atoms with Gasteiger partial charge in [-0.05, 0) is 26.0 Å². The first-order chi connectivity index (χ1) is 8.68. The standard InChI is InChI=1S/C15H16N2O/c1-11(2)17-15-13(9-6-10-16-15)14(18)12-7-4-3-5-8-12/h3-11H,1-2H3,(H,16,17). The Morgan fingerprint density at radius 2 is 1.83 bits per heavy atom. The number of nitrogens with one attached hydrogen (secondary N) is 1. The Bertz CT molecular complexity index is 535. The van der Waals surface area contributed by atoms with E-state index in [4.69, 9.17) is 0 Å². The monoisotopic (exact) mass is 240 g/mol. The summed E-state index contributed by atoms with van der Waals surface area (Å²) in [7, 11) is 0. The fraction of sp³-hybridized carbons (Fsp3) is 0.200. The number of hydrogen-bond donors (Lipinski definition) is 1. The van der Waals surface area contributed by atoms with Gasteiger partial charge in [0.1, 0.15) is 5.82 Å². The summed E-state index contributed by atoms with van der Waals surface area (Å²) in [6.45, 7) is 4.04. The number of carbonyl (C=O) groups excluding carboxylic acids is 1. The topological polar surface area (TPSA) is 42.0 Å². The molecule has 1 heterocycles. The molecule has 3 heteroatoms. The van der Waals surface area contributed by atoms with Gasteiger partial charge in [-0.2, -0.15) is 0 Å².